The van der Waals surface area contributed by atoms with Gasteiger partial charge < -0.3 is 4.74 Å². The smallest absolute Gasteiger partial charge is 0.277 e. The lowest BCUT2D eigenvalue weighted by Crippen LogP contribution is -2.24. The second-order valence-corrected chi connectivity index (χ2v) is 6.79. The largest absolute Gasteiger partial charge is 0.484 e. The molecule has 4 nitrogen and oxygen atoms in total. The number of nitrogens with zero attached hydrogens (tertiary/aromatic N) is 1. The van der Waals surface area contributed by atoms with Crippen LogP contribution < -0.4 is 10.2 Å². The van der Waals surface area contributed by atoms with Crippen molar-refractivity contribution < 1.29 is 9.53 Å². The molecule has 0 fully saturated rings. The summed E-state index contributed by atoms with van der Waals surface area (Å²) >= 11 is 0. The Hall–Kier alpha value is -3.40. The van der Waals surface area contributed by atoms with Crippen molar-refractivity contribution in [2.45, 2.75) is 19.8 Å². The van der Waals surface area contributed by atoms with Crippen LogP contribution in [0.4, 0.5) is 0 Å². The minimum atomic E-state index is -0.304. The Morgan fingerprint density at radius 1 is 0.929 bits per heavy atom. The van der Waals surface area contributed by atoms with Gasteiger partial charge in [-0.1, -0.05) is 80.6 Å². The van der Waals surface area contributed by atoms with Crippen LogP contribution in [-0.2, 0) is 4.79 Å². The van der Waals surface area contributed by atoms with Gasteiger partial charge in [0.25, 0.3) is 5.91 Å². The van der Waals surface area contributed by atoms with E-state index in [1.165, 1.54) is 5.56 Å². The van der Waals surface area contributed by atoms with E-state index in [0.29, 0.717) is 11.7 Å². The summed E-state index contributed by atoms with van der Waals surface area (Å²) in [6, 6.07) is 25.9. The summed E-state index contributed by atoms with van der Waals surface area (Å²) in [5, 5.41) is 3.98. The predicted molar refractivity (Wildman–Crippen MR) is 114 cm³/mol. The summed E-state index contributed by atoms with van der Waals surface area (Å²) in [5.74, 6) is 0.829. The van der Waals surface area contributed by atoms with Crippen LogP contribution in [0.5, 0.6) is 5.75 Å². The van der Waals surface area contributed by atoms with Crippen LogP contribution in [0.15, 0.2) is 84.0 Å². The maximum Gasteiger partial charge on any atom is 0.277 e. The Bertz CT molecular complexity index is 915. The molecule has 0 aliphatic carbocycles. The molecule has 4 heteroatoms. The van der Waals surface area contributed by atoms with Crippen LogP contribution in [0.2, 0.25) is 0 Å². The Labute approximate surface area is 165 Å². The maximum atomic E-state index is 11.9. The maximum absolute atomic E-state index is 11.9. The van der Waals surface area contributed by atoms with Crippen molar-refractivity contribution in [2.75, 3.05) is 6.61 Å². The fourth-order valence-corrected chi connectivity index (χ4v) is 2.70. The van der Waals surface area contributed by atoms with E-state index in [0.717, 1.165) is 16.7 Å². The molecule has 3 aromatic rings. The number of benzene rings is 3. The predicted octanol–water partition coefficient (Wildman–Crippen LogP) is 5.01. The number of hydrazone groups is 1. The Morgan fingerprint density at radius 3 is 2.21 bits per heavy atom. The van der Waals surface area contributed by atoms with E-state index in [2.05, 4.69) is 48.6 Å². The van der Waals surface area contributed by atoms with Crippen molar-refractivity contribution in [1.29, 1.82) is 0 Å². The van der Waals surface area contributed by atoms with Gasteiger partial charge in [-0.25, -0.2) is 5.43 Å². The number of carbonyl (C=O) groups is 1. The van der Waals surface area contributed by atoms with Gasteiger partial charge in [0.05, 0.1) is 6.21 Å². The van der Waals surface area contributed by atoms with Gasteiger partial charge in [-0.15, -0.1) is 0 Å². The normalized spacial score (nSPS) is 11.0. The number of amides is 1. The first-order valence-electron chi connectivity index (χ1n) is 9.32. The molecule has 1 N–H and O–H groups in total. The molecular formula is C24H24N2O2. The molecule has 0 aromatic heterocycles. The molecule has 0 aliphatic rings. The number of nitrogens with one attached hydrogen (secondary N) is 1. The topological polar surface area (TPSA) is 50.7 Å². The number of ether oxygens (including phenoxy) is 1. The van der Waals surface area contributed by atoms with Crippen molar-refractivity contribution in [1.82, 2.24) is 5.43 Å². The van der Waals surface area contributed by atoms with E-state index >= 15 is 0 Å². The van der Waals surface area contributed by atoms with Crippen molar-refractivity contribution in [3.8, 4) is 16.9 Å². The third-order valence-corrected chi connectivity index (χ3v) is 4.34. The molecule has 0 saturated carbocycles. The third-order valence-electron chi connectivity index (χ3n) is 4.34. The lowest BCUT2D eigenvalue weighted by Gasteiger charge is -2.07. The first-order chi connectivity index (χ1) is 13.6. The molecule has 0 radical (unpaired) electrons. The van der Waals surface area contributed by atoms with Crippen LogP contribution >= 0.6 is 0 Å². The quantitative estimate of drug-likeness (QED) is 0.468. The highest BCUT2D eigenvalue weighted by Crippen LogP contribution is 2.22. The molecule has 0 aliphatic heterocycles. The van der Waals surface area contributed by atoms with Crippen molar-refractivity contribution in [3.63, 3.8) is 0 Å². The molecule has 0 bridgehead atoms. The average Bonchev–Trinajstić information content (AvgIpc) is 2.73. The highest BCUT2D eigenvalue weighted by molar-refractivity contribution is 5.83. The lowest BCUT2D eigenvalue weighted by atomic mass is 10.0. The van der Waals surface area contributed by atoms with Crippen LogP contribution in [0, 0.1) is 0 Å². The van der Waals surface area contributed by atoms with Crippen molar-refractivity contribution in [2.24, 2.45) is 5.10 Å². The summed E-state index contributed by atoms with van der Waals surface area (Å²) in [6.07, 6.45) is 1.62. The molecule has 1 amide bonds. The second-order valence-electron chi connectivity index (χ2n) is 6.79. The molecule has 0 saturated heterocycles. The molecule has 28 heavy (non-hydrogen) atoms. The van der Waals surface area contributed by atoms with Gasteiger partial charge in [0, 0.05) is 0 Å². The molecule has 0 unspecified atom stereocenters. The van der Waals surface area contributed by atoms with Crippen LogP contribution in [-0.4, -0.2) is 18.7 Å². The summed E-state index contributed by atoms with van der Waals surface area (Å²) in [5.41, 5.74) is 6.93. The Balaban J connectivity index is 1.46. The summed E-state index contributed by atoms with van der Waals surface area (Å²) in [4.78, 5) is 11.9. The van der Waals surface area contributed by atoms with Crippen LogP contribution in [0.3, 0.4) is 0 Å². The van der Waals surface area contributed by atoms with Crippen LogP contribution in [0.25, 0.3) is 11.1 Å². The SMILES string of the molecule is CC(C)c1ccc(/C=N/NC(=O)COc2ccc(-c3ccccc3)cc2)cc1. The minimum absolute atomic E-state index is 0.0890. The minimum Gasteiger partial charge on any atom is -0.484 e. The van der Waals surface area contributed by atoms with E-state index in [9.17, 15) is 4.79 Å². The molecule has 0 atom stereocenters. The molecular weight excluding hydrogens is 348 g/mol. The molecule has 0 spiro atoms. The van der Waals surface area contributed by atoms with Gasteiger partial charge in [-0.2, -0.15) is 5.10 Å². The summed E-state index contributed by atoms with van der Waals surface area (Å²) in [6.45, 7) is 4.21. The monoisotopic (exact) mass is 372 g/mol. The van der Waals surface area contributed by atoms with Gasteiger partial charge in [0.2, 0.25) is 0 Å². The van der Waals surface area contributed by atoms with E-state index in [4.69, 9.17) is 4.74 Å². The van der Waals surface area contributed by atoms with Crippen molar-refractivity contribution >= 4 is 12.1 Å². The number of carbonyl (C=O) groups excluding carboxylic acids is 1. The zero-order valence-electron chi connectivity index (χ0n) is 16.1. The number of hydrogen-bond donors (Lipinski definition) is 1. The number of hydrogen-bond acceptors (Lipinski definition) is 3. The van der Waals surface area contributed by atoms with Gasteiger partial charge in [-0.3, -0.25) is 4.79 Å². The average molecular weight is 372 g/mol. The van der Waals surface area contributed by atoms with Gasteiger partial charge >= 0.3 is 0 Å². The molecule has 142 valence electrons. The fourth-order valence-electron chi connectivity index (χ4n) is 2.70. The van der Waals surface area contributed by atoms with Gasteiger partial charge in [-0.05, 0) is 40.3 Å². The number of rotatable bonds is 7. The zero-order valence-corrected chi connectivity index (χ0v) is 16.1. The fraction of sp³-hybridized carbons (Fsp3) is 0.167. The van der Waals surface area contributed by atoms with E-state index in [-0.39, 0.29) is 12.5 Å². The highest BCUT2D eigenvalue weighted by Gasteiger charge is 2.03. The molecule has 0 heterocycles. The third kappa shape index (κ3) is 5.55. The van der Waals surface area contributed by atoms with E-state index in [1.807, 2.05) is 54.6 Å². The van der Waals surface area contributed by atoms with Gasteiger partial charge in [0.15, 0.2) is 6.61 Å². The first kappa shape index (κ1) is 19.4. The van der Waals surface area contributed by atoms with Gasteiger partial charge in [0.1, 0.15) is 5.75 Å². The van der Waals surface area contributed by atoms with E-state index < -0.39 is 0 Å². The highest BCUT2D eigenvalue weighted by atomic mass is 16.5. The van der Waals surface area contributed by atoms with E-state index in [1.54, 1.807) is 6.21 Å². The zero-order chi connectivity index (χ0) is 19.8. The summed E-state index contributed by atoms with van der Waals surface area (Å²) in [7, 11) is 0. The standard InChI is InChI=1S/C24H24N2O2/c1-18(2)20-10-8-19(9-11-20)16-25-26-24(27)17-28-23-14-12-22(13-15-23)21-6-4-3-5-7-21/h3-16,18H,17H2,1-2H3,(H,26,27)/b25-16+. The molecule has 3 rings (SSSR count). The Kier molecular flexibility index (Phi) is 6.58. The first-order valence-corrected chi connectivity index (χ1v) is 9.32. The molecule has 3 aromatic carbocycles. The Morgan fingerprint density at radius 2 is 1.57 bits per heavy atom. The lowest BCUT2D eigenvalue weighted by molar-refractivity contribution is -0.123. The van der Waals surface area contributed by atoms with Crippen molar-refractivity contribution in [3.05, 3.63) is 90.0 Å². The van der Waals surface area contributed by atoms with Crippen LogP contribution in [0.1, 0.15) is 30.9 Å². The summed E-state index contributed by atoms with van der Waals surface area (Å²) < 4.78 is 5.52. The second kappa shape index (κ2) is 9.51.